The Kier molecular flexibility index (Phi) is 8.96. The normalized spacial score (nSPS) is 28.0. The number of aliphatic hydroxyl groups is 1. The monoisotopic (exact) mass is 544 g/mol. The first kappa shape index (κ1) is 28.7. The van der Waals surface area contributed by atoms with Gasteiger partial charge in [-0.3, -0.25) is 0 Å². The van der Waals surface area contributed by atoms with Gasteiger partial charge in [-0.25, -0.2) is 4.79 Å². The number of hydrogen-bond acceptors (Lipinski definition) is 8. The van der Waals surface area contributed by atoms with E-state index in [9.17, 15) is 9.90 Å². The third kappa shape index (κ3) is 6.30. The lowest BCUT2D eigenvalue weighted by atomic mass is 9.97. The van der Waals surface area contributed by atoms with E-state index in [0.29, 0.717) is 11.7 Å². The van der Waals surface area contributed by atoms with E-state index >= 15 is 0 Å². The van der Waals surface area contributed by atoms with Crippen LogP contribution < -0.4 is 4.74 Å². The zero-order chi connectivity index (χ0) is 27.5. The van der Waals surface area contributed by atoms with E-state index in [4.69, 9.17) is 28.1 Å². The average Bonchev–Trinajstić information content (AvgIpc) is 2.90. The number of para-hydroxylation sites is 1. The van der Waals surface area contributed by atoms with Gasteiger partial charge in [0.15, 0.2) is 33.6 Å². The summed E-state index contributed by atoms with van der Waals surface area (Å²) in [5.41, 5.74) is 0.823. The molecule has 2 fully saturated rings. The van der Waals surface area contributed by atoms with Crippen molar-refractivity contribution in [3.63, 3.8) is 0 Å². The highest BCUT2D eigenvalue weighted by atomic mass is 28.4. The van der Waals surface area contributed by atoms with Crippen molar-refractivity contribution < 1.29 is 38.0 Å². The van der Waals surface area contributed by atoms with Crippen molar-refractivity contribution in [2.45, 2.75) is 82.8 Å². The Bertz CT molecular complexity index is 1050. The first-order valence-corrected chi connectivity index (χ1v) is 16.1. The van der Waals surface area contributed by atoms with Crippen molar-refractivity contribution >= 4 is 14.3 Å². The van der Waals surface area contributed by atoms with Crippen LogP contribution in [0.1, 0.15) is 39.5 Å². The smallest absolute Gasteiger partial charge is 0.344 e. The number of fused-ring (bicyclic) bond motifs is 1. The standard InChI is InChI=1S/C29H40O8Si/c1-19(2)29(3,4)38(5,6)37-28-24(31)26(35-23(30)18-32-21-15-11-8-12-16-21)25-22(34-28)17-33-27(36-25)20-13-9-7-10-14-20/h7-16,19,22,24-28,31H,17-18H2,1-6H3/t22-,24-,25+,26-,27+,28+/m1/s1. The van der Waals surface area contributed by atoms with E-state index in [2.05, 4.69) is 40.8 Å². The molecule has 9 heteroatoms. The molecule has 38 heavy (non-hydrogen) atoms. The van der Waals surface area contributed by atoms with E-state index in [1.807, 2.05) is 48.5 Å². The van der Waals surface area contributed by atoms with Crippen LogP contribution in [-0.2, 0) is 28.2 Å². The van der Waals surface area contributed by atoms with Crippen LogP contribution in [-0.4, -0.2) is 63.3 Å². The summed E-state index contributed by atoms with van der Waals surface area (Å²) in [6, 6.07) is 18.5. The zero-order valence-corrected chi connectivity index (χ0v) is 24.0. The van der Waals surface area contributed by atoms with Crippen LogP contribution in [0.2, 0.25) is 18.1 Å². The molecular formula is C29H40O8Si. The molecule has 2 aromatic carbocycles. The van der Waals surface area contributed by atoms with Gasteiger partial charge in [0.25, 0.3) is 0 Å². The predicted octanol–water partition coefficient (Wildman–Crippen LogP) is 4.84. The van der Waals surface area contributed by atoms with Gasteiger partial charge >= 0.3 is 5.97 Å². The number of aliphatic hydroxyl groups excluding tert-OH is 1. The maximum absolute atomic E-state index is 12.9. The minimum Gasteiger partial charge on any atom is -0.482 e. The number of carbonyl (C=O) groups excluding carboxylic acids is 1. The quantitative estimate of drug-likeness (QED) is 0.354. The highest BCUT2D eigenvalue weighted by Gasteiger charge is 2.55. The number of benzene rings is 2. The SMILES string of the molecule is CC(C)C(C)(C)[Si](C)(C)O[C@@H]1O[C@@H]2CO[C@H](c3ccccc3)O[C@@H]2[C@H](OC(=O)COc2ccccc2)[C@H]1O. The maximum Gasteiger partial charge on any atom is 0.344 e. The maximum atomic E-state index is 12.9. The van der Waals surface area contributed by atoms with Crippen LogP contribution in [0.25, 0.3) is 0 Å². The van der Waals surface area contributed by atoms with Crippen molar-refractivity contribution in [3.8, 4) is 5.75 Å². The van der Waals surface area contributed by atoms with Gasteiger partial charge in [0.2, 0.25) is 0 Å². The summed E-state index contributed by atoms with van der Waals surface area (Å²) >= 11 is 0. The van der Waals surface area contributed by atoms with E-state index in [0.717, 1.165) is 5.56 Å². The van der Waals surface area contributed by atoms with Crippen molar-refractivity contribution in [1.29, 1.82) is 0 Å². The summed E-state index contributed by atoms with van der Waals surface area (Å²) in [7, 11) is -2.41. The predicted molar refractivity (Wildman–Crippen MR) is 144 cm³/mol. The van der Waals surface area contributed by atoms with Crippen LogP contribution in [0, 0.1) is 5.92 Å². The molecule has 0 bridgehead atoms. The molecule has 208 valence electrons. The van der Waals surface area contributed by atoms with Crippen LogP contribution in [0.15, 0.2) is 60.7 Å². The Morgan fingerprint density at radius 1 is 1.05 bits per heavy atom. The average molecular weight is 545 g/mol. The topological polar surface area (TPSA) is 92.7 Å². The van der Waals surface area contributed by atoms with Gasteiger partial charge in [0.05, 0.1) is 6.61 Å². The van der Waals surface area contributed by atoms with E-state index in [1.54, 1.807) is 12.1 Å². The van der Waals surface area contributed by atoms with Crippen LogP contribution in [0.4, 0.5) is 0 Å². The van der Waals surface area contributed by atoms with E-state index in [-0.39, 0.29) is 18.3 Å². The molecular weight excluding hydrogens is 504 g/mol. The molecule has 0 saturated carbocycles. The largest absolute Gasteiger partial charge is 0.482 e. The summed E-state index contributed by atoms with van der Waals surface area (Å²) < 4.78 is 36.4. The fourth-order valence-corrected chi connectivity index (χ4v) is 7.03. The molecule has 2 aromatic rings. The molecule has 2 saturated heterocycles. The summed E-state index contributed by atoms with van der Waals surface area (Å²) in [5.74, 6) is 0.281. The van der Waals surface area contributed by atoms with Gasteiger partial charge in [-0.1, -0.05) is 76.2 Å². The Hall–Kier alpha value is -2.27. The molecule has 0 amide bonds. The second kappa shape index (κ2) is 11.9. The summed E-state index contributed by atoms with van der Waals surface area (Å²) in [5, 5.41) is 11.3. The second-order valence-electron chi connectivity index (χ2n) is 11.3. The van der Waals surface area contributed by atoms with Crippen LogP contribution in [0.3, 0.4) is 0 Å². The van der Waals surface area contributed by atoms with E-state index < -0.39 is 51.3 Å². The molecule has 2 aliphatic heterocycles. The van der Waals surface area contributed by atoms with Crippen molar-refractivity contribution in [1.82, 2.24) is 0 Å². The number of carbonyl (C=O) groups is 1. The van der Waals surface area contributed by atoms with Gasteiger partial charge in [0.1, 0.15) is 24.1 Å². The highest BCUT2D eigenvalue weighted by Crippen LogP contribution is 2.46. The fourth-order valence-electron chi connectivity index (χ4n) is 4.56. The Balaban J connectivity index is 1.53. The molecule has 1 N–H and O–H groups in total. The molecule has 2 heterocycles. The van der Waals surface area contributed by atoms with Crippen LogP contribution >= 0.6 is 0 Å². The van der Waals surface area contributed by atoms with Gasteiger partial charge in [-0.2, -0.15) is 0 Å². The minimum atomic E-state index is -2.41. The number of esters is 1. The number of rotatable bonds is 9. The lowest BCUT2D eigenvalue weighted by Crippen LogP contribution is -2.65. The molecule has 8 nitrogen and oxygen atoms in total. The lowest BCUT2D eigenvalue weighted by Gasteiger charge is -2.50. The van der Waals surface area contributed by atoms with Gasteiger partial charge in [0, 0.05) is 5.56 Å². The highest BCUT2D eigenvalue weighted by molar-refractivity contribution is 6.74. The zero-order valence-electron chi connectivity index (χ0n) is 23.0. The molecule has 6 atom stereocenters. The fraction of sp³-hybridized carbons (Fsp3) is 0.552. The van der Waals surface area contributed by atoms with Crippen molar-refractivity contribution in [2.24, 2.45) is 5.92 Å². The Labute approximate surface area is 226 Å². The molecule has 0 radical (unpaired) electrons. The molecule has 0 unspecified atom stereocenters. The minimum absolute atomic E-state index is 0.111. The molecule has 2 aliphatic rings. The first-order chi connectivity index (χ1) is 18.0. The van der Waals surface area contributed by atoms with Gasteiger partial charge in [-0.15, -0.1) is 0 Å². The second-order valence-corrected chi connectivity index (χ2v) is 15.8. The van der Waals surface area contributed by atoms with E-state index in [1.165, 1.54) is 0 Å². The van der Waals surface area contributed by atoms with Gasteiger partial charge in [-0.05, 0) is 36.2 Å². The Morgan fingerprint density at radius 2 is 1.68 bits per heavy atom. The Morgan fingerprint density at radius 3 is 2.32 bits per heavy atom. The first-order valence-electron chi connectivity index (χ1n) is 13.2. The lowest BCUT2D eigenvalue weighted by molar-refractivity contribution is -0.352. The van der Waals surface area contributed by atoms with Crippen molar-refractivity contribution in [3.05, 3.63) is 66.2 Å². The third-order valence-corrected chi connectivity index (χ3v) is 12.7. The third-order valence-electron chi connectivity index (χ3n) is 8.15. The molecule has 0 aliphatic carbocycles. The molecule has 0 aromatic heterocycles. The van der Waals surface area contributed by atoms with Crippen molar-refractivity contribution in [2.75, 3.05) is 13.2 Å². The van der Waals surface area contributed by atoms with Crippen LogP contribution in [0.5, 0.6) is 5.75 Å². The summed E-state index contributed by atoms with van der Waals surface area (Å²) in [6.45, 7) is 12.8. The number of hydrogen-bond donors (Lipinski definition) is 1. The summed E-state index contributed by atoms with van der Waals surface area (Å²) in [6.07, 6.45) is -5.33. The summed E-state index contributed by atoms with van der Waals surface area (Å²) in [4.78, 5) is 12.9. The molecule has 0 spiro atoms. The number of ether oxygens (including phenoxy) is 5. The van der Waals surface area contributed by atoms with Gasteiger partial charge < -0.3 is 33.2 Å². The molecule has 4 rings (SSSR count).